The third kappa shape index (κ3) is 3.22. The van der Waals surface area contributed by atoms with E-state index in [1.54, 1.807) is 0 Å². The first kappa shape index (κ1) is 16.3. The van der Waals surface area contributed by atoms with Gasteiger partial charge in [-0.05, 0) is 12.5 Å². The molecule has 3 unspecified atom stereocenters. The second-order valence-electron chi connectivity index (χ2n) is 4.95. The van der Waals surface area contributed by atoms with Gasteiger partial charge < -0.3 is 20.6 Å². The van der Waals surface area contributed by atoms with Gasteiger partial charge in [-0.2, -0.15) is 0 Å². The highest BCUT2D eigenvalue weighted by Crippen LogP contribution is 2.36. The number of aliphatic hydroxyl groups excluding tert-OH is 3. The molecular weight excluding hydrogens is 323 g/mol. The summed E-state index contributed by atoms with van der Waals surface area (Å²) in [5.74, 6) is -0.487. The van der Waals surface area contributed by atoms with Gasteiger partial charge in [-0.25, -0.2) is 0 Å². The molecule has 116 valence electrons. The number of halogens is 2. The van der Waals surface area contributed by atoms with Gasteiger partial charge in [0, 0.05) is 18.6 Å². The van der Waals surface area contributed by atoms with Gasteiger partial charge in [0.05, 0.1) is 27.1 Å². The van der Waals surface area contributed by atoms with E-state index in [0.29, 0.717) is 0 Å². The van der Waals surface area contributed by atoms with E-state index >= 15 is 0 Å². The van der Waals surface area contributed by atoms with Crippen molar-refractivity contribution in [2.45, 2.75) is 24.7 Å². The van der Waals surface area contributed by atoms with Gasteiger partial charge in [0.1, 0.15) is 11.8 Å². The van der Waals surface area contributed by atoms with Crippen molar-refractivity contribution in [3.05, 3.63) is 32.3 Å². The van der Waals surface area contributed by atoms with Crippen molar-refractivity contribution in [3.8, 4) is 0 Å². The quantitative estimate of drug-likeness (QED) is 0.488. The van der Waals surface area contributed by atoms with Crippen molar-refractivity contribution >= 4 is 34.6 Å². The minimum absolute atomic E-state index is 0.0501. The van der Waals surface area contributed by atoms with Crippen molar-refractivity contribution in [1.29, 1.82) is 0 Å². The molecule has 1 aliphatic carbocycles. The predicted molar refractivity (Wildman–Crippen MR) is 77.7 cm³/mol. The Morgan fingerprint density at radius 2 is 1.90 bits per heavy atom. The number of aliphatic hydroxyl groups is 3. The minimum atomic E-state index is -1.14. The van der Waals surface area contributed by atoms with E-state index in [2.05, 4.69) is 5.32 Å². The van der Waals surface area contributed by atoms with Crippen molar-refractivity contribution in [3.63, 3.8) is 0 Å². The van der Waals surface area contributed by atoms with Gasteiger partial charge in [0.15, 0.2) is 0 Å². The Morgan fingerprint density at radius 3 is 2.43 bits per heavy atom. The number of anilines is 1. The summed E-state index contributed by atoms with van der Waals surface area (Å²) in [6.45, 7) is -0.278. The normalized spacial score (nSPS) is 28.6. The Bertz CT molecular complexity index is 557. The Hall–Kier alpha value is -1.12. The molecule has 4 N–H and O–H groups in total. The smallest absolute Gasteiger partial charge is 0.293 e. The molecule has 1 fully saturated rings. The number of hydrogen-bond donors (Lipinski definition) is 4. The summed E-state index contributed by atoms with van der Waals surface area (Å²) in [4.78, 5) is 10.4. The van der Waals surface area contributed by atoms with Crippen LogP contribution in [0.5, 0.6) is 0 Å². The molecule has 1 saturated carbocycles. The molecule has 0 radical (unpaired) electrons. The van der Waals surface area contributed by atoms with Crippen LogP contribution >= 0.6 is 23.2 Å². The molecule has 4 atom stereocenters. The van der Waals surface area contributed by atoms with Gasteiger partial charge in [-0.1, -0.05) is 23.2 Å². The van der Waals surface area contributed by atoms with Crippen LogP contribution in [0.3, 0.4) is 0 Å². The molecule has 0 heterocycles. The van der Waals surface area contributed by atoms with Crippen molar-refractivity contribution in [1.82, 2.24) is 0 Å². The molecule has 1 aromatic rings. The zero-order valence-electron chi connectivity index (χ0n) is 10.7. The van der Waals surface area contributed by atoms with E-state index in [4.69, 9.17) is 28.3 Å². The van der Waals surface area contributed by atoms with Crippen LogP contribution < -0.4 is 5.32 Å². The van der Waals surface area contributed by atoms with Crippen LogP contribution in [0.2, 0.25) is 10.0 Å². The molecule has 0 aliphatic heterocycles. The second-order valence-corrected chi connectivity index (χ2v) is 5.77. The maximum atomic E-state index is 11.0. The zero-order chi connectivity index (χ0) is 15.7. The standard InChI is InChI=1S/C12H14Cl2N2O5/c13-6-2-8(10(16(20)21)3-7(6)14)15-9-1-5(4-17)11(18)12(9)19/h2-3,5,9,11-12,15,17-19H,1,4H2/t5?,9-,11?,12?/m1/s1. The summed E-state index contributed by atoms with van der Waals surface area (Å²) < 4.78 is 0. The fraction of sp³-hybridized carbons (Fsp3) is 0.500. The highest BCUT2D eigenvalue weighted by Gasteiger charge is 2.41. The maximum absolute atomic E-state index is 11.0. The molecule has 2 rings (SSSR count). The van der Waals surface area contributed by atoms with Crippen LogP contribution in [0, 0.1) is 16.0 Å². The molecule has 0 saturated heterocycles. The molecule has 0 amide bonds. The largest absolute Gasteiger partial charge is 0.396 e. The Morgan fingerprint density at radius 1 is 1.29 bits per heavy atom. The first-order valence-electron chi connectivity index (χ1n) is 6.22. The Labute approximate surface area is 130 Å². The number of benzene rings is 1. The highest BCUT2D eigenvalue weighted by atomic mass is 35.5. The Balaban J connectivity index is 2.27. The van der Waals surface area contributed by atoms with E-state index < -0.39 is 29.1 Å². The summed E-state index contributed by atoms with van der Waals surface area (Å²) in [6, 6.07) is 1.79. The lowest BCUT2D eigenvalue weighted by Crippen LogP contribution is -2.35. The molecule has 21 heavy (non-hydrogen) atoms. The van der Waals surface area contributed by atoms with Crippen LogP contribution in [0.1, 0.15) is 6.42 Å². The van der Waals surface area contributed by atoms with E-state index in [-0.39, 0.29) is 34.4 Å². The number of nitro groups is 1. The van der Waals surface area contributed by atoms with E-state index in [1.807, 2.05) is 0 Å². The summed E-state index contributed by atoms with van der Waals surface area (Å²) in [7, 11) is 0. The summed E-state index contributed by atoms with van der Waals surface area (Å²) in [6.07, 6.45) is -1.96. The summed E-state index contributed by atoms with van der Waals surface area (Å²) in [5.41, 5.74) is -0.178. The third-order valence-electron chi connectivity index (χ3n) is 3.61. The van der Waals surface area contributed by atoms with E-state index in [1.165, 1.54) is 6.07 Å². The second kappa shape index (κ2) is 6.33. The number of nitrogens with one attached hydrogen (secondary N) is 1. The highest BCUT2D eigenvalue weighted by molar-refractivity contribution is 6.42. The fourth-order valence-corrected chi connectivity index (χ4v) is 2.77. The topological polar surface area (TPSA) is 116 Å². The predicted octanol–water partition coefficient (Wildman–Crippen LogP) is 1.42. The molecule has 0 bridgehead atoms. The van der Waals surface area contributed by atoms with E-state index in [9.17, 15) is 20.3 Å². The molecule has 0 aromatic heterocycles. The number of nitro benzene ring substituents is 1. The van der Waals surface area contributed by atoms with Crippen LogP contribution in [0.4, 0.5) is 11.4 Å². The third-order valence-corrected chi connectivity index (χ3v) is 4.33. The first-order valence-corrected chi connectivity index (χ1v) is 6.97. The maximum Gasteiger partial charge on any atom is 0.293 e. The van der Waals surface area contributed by atoms with E-state index in [0.717, 1.165) is 6.07 Å². The fourth-order valence-electron chi connectivity index (χ4n) is 2.45. The van der Waals surface area contributed by atoms with Crippen LogP contribution in [0.15, 0.2) is 12.1 Å². The van der Waals surface area contributed by atoms with Gasteiger partial charge in [0.2, 0.25) is 0 Å². The molecule has 0 spiro atoms. The minimum Gasteiger partial charge on any atom is -0.396 e. The van der Waals surface area contributed by atoms with Crippen molar-refractivity contribution < 1.29 is 20.2 Å². The number of hydrogen-bond acceptors (Lipinski definition) is 6. The average Bonchev–Trinajstić information content (AvgIpc) is 2.70. The van der Waals surface area contributed by atoms with Gasteiger partial charge in [0.25, 0.3) is 5.69 Å². The SMILES string of the molecule is O=[N+]([O-])c1cc(Cl)c(Cl)cc1N[C@@H]1CC(CO)C(O)C1O. The number of nitrogens with zero attached hydrogens (tertiary/aromatic N) is 1. The van der Waals surface area contributed by atoms with Gasteiger partial charge >= 0.3 is 0 Å². The first-order chi connectivity index (χ1) is 9.85. The van der Waals surface area contributed by atoms with Crippen molar-refractivity contribution in [2.24, 2.45) is 5.92 Å². The lowest BCUT2D eigenvalue weighted by molar-refractivity contribution is -0.384. The Kier molecular flexibility index (Phi) is 4.90. The monoisotopic (exact) mass is 336 g/mol. The summed E-state index contributed by atoms with van der Waals surface area (Å²) in [5, 5.41) is 42.8. The molecule has 1 aliphatic rings. The van der Waals surface area contributed by atoms with Crippen molar-refractivity contribution in [2.75, 3.05) is 11.9 Å². The zero-order valence-corrected chi connectivity index (χ0v) is 12.3. The van der Waals surface area contributed by atoms with Crippen LogP contribution in [-0.4, -0.2) is 45.1 Å². The average molecular weight is 337 g/mol. The molecular formula is C12H14Cl2N2O5. The van der Waals surface area contributed by atoms with Crippen LogP contribution in [-0.2, 0) is 0 Å². The molecule has 9 heteroatoms. The molecule has 1 aromatic carbocycles. The summed E-state index contributed by atoms with van der Waals surface area (Å²) >= 11 is 11.6. The van der Waals surface area contributed by atoms with Crippen LogP contribution in [0.25, 0.3) is 0 Å². The number of rotatable bonds is 4. The lowest BCUT2D eigenvalue weighted by atomic mass is 10.1. The molecule has 7 nitrogen and oxygen atoms in total. The van der Waals surface area contributed by atoms with Gasteiger partial charge in [-0.3, -0.25) is 10.1 Å². The lowest BCUT2D eigenvalue weighted by Gasteiger charge is -2.19. The van der Waals surface area contributed by atoms with Gasteiger partial charge in [-0.15, -0.1) is 0 Å².